The SMILES string of the molecule is Cc1cc(NC(=O)Cn2cccc(C(=O)NC[C@H]3CCCCN3C)c2=O)no1. The van der Waals surface area contributed by atoms with Crippen LogP contribution in [-0.4, -0.2) is 52.6 Å². The van der Waals surface area contributed by atoms with Crippen molar-refractivity contribution in [2.24, 2.45) is 0 Å². The summed E-state index contributed by atoms with van der Waals surface area (Å²) in [5.74, 6) is -0.0153. The number of likely N-dealkylation sites (tertiary alicyclic amines) is 1. The van der Waals surface area contributed by atoms with Crippen LogP contribution in [0.25, 0.3) is 0 Å². The Hall–Kier alpha value is -2.94. The van der Waals surface area contributed by atoms with Crippen molar-refractivity contribution in [2.45, 2.75) is 38.8 Å². The van der Waals surface area contributed by atoms with E-state index in [4.69, 9.17) is 4.52 Å². The summed E-state index contributed by atoms with van der Waals surface area (Å²) in [4.78, 5) is 39.4. The Morgan fingerprint density at radius 1 is 1.36 bits per heavy atom. The maximum Gasteiger partial charge on any atom is 0.263 e. The zero-order chi connectivity index (χ0) is 20.1. The van der Waals surface area contributed by atoms with Crippen LogP contribution < -0.4 is 16.2 Å². The van der Waals surface area contributed by atoms with Gasteiger partial charge in [0.1, 0.15) is 17.9 Å². The molecule has 28 heavy (non-hydrogen) atoms. The highest BCUT2D eigenvalue weighted by Crippen LogP contribution is 2.14. The second-order valence-electron chi connectivity index (χ2n) is 7.07. The molecule has 3 heterocycles. The average molecular weight is 387 g/mol. The number of nitrogens with one attached hydrogen (secondary N) is 2. The smallest absolute Gasteiger partial charge is 0.263 e. The van der Waals surface area contributed by atoms with Gasteiger partial charge in [-0.25, -0.2) is 0 Å². The predicted octanol–water partition coefficient (Wildman–Crippen LogP) is 0.998. The molecule has 9 heteroatoms. The van der Waals surface area contributed by atoms with Gasteiger partial charge < -0.3 is 24.6 Å². The van der Waals surface area contributed by atoms with Gasteiger partial charge in [0, 0.05) is 24.8 Å². The minimum absolute atomic E-state index is 0.0195. The van der Waals surface area contributed by atoms with Crippen LogP contribution in [0.15, 0.2) is 33.7 Å². The van der Waals surface area contributed by atoms with Gasteiger partial charge in [-0.2, -0.15) is 0 Å². The summed E-state index contributed by atoms with van der Waals surface area (Å²) < 4.78 is 6.08. The molecule has 2 aromatic rings. The van der Waals surface area contributed by atoms with Crippen LogP contribution in [0.5, 0.6) is 0 Å². The van der Waals surface area contributed by atoms with Crippen molar-refractivity contribution >= 4 is 17.6 Å². The summed E-state index contributed by atoms with van der Waals surface area (Å²) in [6, 6.07) is 4.90. The first kappa shape index (κ1) is 19.8. The van der Waals surface area contributed by atoms with Gasteiger partial charge >= 0.3 is 0 Å². The minimum atomic E-state index is -0.511. The topological polar surface area (TPSA) is 109 Å². The fourth-order valence-electron chi connectivity index (χ4n) is 3.30. The van der Waals surface area contributed by atoms with Crippen LogP contribution in [0.1, 0.15) is 35.4 Å². The fraction of sp³-hybridized carbons (Fsp3) is 0.474. The molecule has 1 fully saturated rings. The second kappa shape index (κ2) is 8.83. The van der Waals surface area contributed by atoms with Gasteiger partial charge in [0.15, 0.2) is 5.82 Å². The molecule has 3 rings (SSSR count). The standard InChI is InChI=1S/C19H25N5O4/c1-13-10-16(22-28-13)21-17(25)12-24-9-5-7-15(19(24)27)18(26)20-11-14-6-3-4-8-23(14)2/h5,7,9-10,14H,3-4,6,8,11-12H2,1-2H3,(H,20,26)(H,21,22,25)/t14-/m1/s1. The van der Waals surface area contributed by atoms with E-state index in [-0.39, 0.29) is 24.0 Å². The second-order valence-corrected chi connectivity index (χ2v) is 7.07. The lowest BCUT2D eigenvalue weighted by Gasteiger charge is -2.32. The number of nitrogens with zero attached hydrogens (tertiary/aromatic N) is 3. The van der Waals surface area contributed by atoms with E-state index < -0.39 is 17.4 Å². The maximum atomic E-state index is 12.6. The van der Waals surface area contributed by atoms with E-state index in [9.17, 15) is 14.4 Å². The normalized spacial score (nSPS) is 17.3. The molecule has 0 radical (unpaired) electrons. The Balaban J connectivity index is 1.62. The number of piperidine rings is 1. The molecule has 0 aliphatic carbocycles. The molecule has 1 atom stereocenters. The van der Waals surface area contributed by atoms with Gasteiger partial charge in [-0.1, -0.05) is 11.6 Å². The molecule has 0 aromatic carbocycles. The van der Waals surface area contributed by atoms with Crippen molar-refractivity contribution in [1.29, 1.82) is 0 Å². The predicted molar refractivity (Wildman–Crippen MR) is 103 cm³/mol. The van der Waals surface area contributed by atoms with Crippen LogP contribution in [0.3, 0.4) is 0 Å². The number of likely N-dealkylation sites (N-methyl/N-ethyl adjacent to an activating group) is 1. The summed E-state index contributed by atoms with van der Waals surface area (Å²) in [7, 11) is 2.04. The third kappa shape index (κ3) is 4.86. The Kier molecular flexibility index (Phi) is 6.25. The monoisotopic (exact) mass is 387 g/mol. The highest BCUT2D eigenvalue weighted by atomic mass is 16.5. The summed E-state index contributed by atoms with van der Waals surface area (Å²) in [6.45, 7) is 2.99. The average Bonchev–Trinajstić information content (AvgIpc) is 3.07. The molecule has 0 spiro atoms. The summed E-state index contributed by atoms with van der Waals surface area (Å²) in [6.07, 6.45) is 4.81. The maximum absolute atomic E-state index is 12.6. The van der Waals surface area contributed by atoms with Crippen LogP contribution in [-0.2, 0) is 11.3 Å². The lowest BCUT2D eigenvalue weighted by Crippen LogP contribution is -2.45. The van der Waals surface area contributed by atoms with Crippen LogP contribution in [0.4, 0.5) is 5.82 Å². The van der Waals surface area contributed by atoms with Gasteiger partial charge in [-0.15, -0.1) is 0 Å². The zero-order valence-electron chi connectivity index (χ0n) is 16.1. The van der Waals surface area contributed by atoms with Gasteiger partial charge in [-0.05, 0) is 45.5 Å². The molecule has 0 bridgehead atoms. The highest BCUT2D eigenvalue weighted by Gasteiger charge is 2.21. The van der Waals surface area contributed by atoms with Crippen molar-refractivity contribution in [1.82, 2.24) is 19.9 Å². The Morgan fingerprint density at radius 2 is 2.18 bits per heavy atom. The number of amides is 2. The van der Waals surface area contributed by atoms with Crippen LogP contribution >= 0.6 is 0 Å². The van der Waals surface area contributed by atoms with Crippen LogP contribution in [0, 0.1) is 6.92 Å². The largest absolute Gasteiger partial charge is 0.360 e. The lowest BCUT2D eigenvalue weighted by atomic mass is 10.0. The summed E-state index contributed by atoms with van der Waals surface area (Å²) in [5, 5.41) is 9.07. The molecule has 1 aliphatic heterocycles. The molecular weight excluding hydrogens is 362 g/mol. The number of anilines is 1. The number of aryl methyl sites for hydroxylation is 1. The number of rotatable bonds is 6. The number of carbonyl (C=O) groups excluding carboxylic acids is 2. The summed E-state index contributed by atoms with van der Waals surface area (Å²) in [5.41, 5.74) is -0.491. The number of hydrogen-bond donors (Lipinski definition) is 2. The van der Waals surface area contributed by atoms with Crippen LogP contribution in [0.2, 0.25) is 0 Å². The lowest BCUT2D eigenvalue weighted by molar-refractivity contribution is -0.116. The van der Waals surface area contributed by atoms with Gasteiger partial charge in [0.05, 0.1) is 0 Å². The number of hydrogen-bond acceptors (Lipinski definition) is 6. The van der Waals surface area contributed by atoms with Gasteiger partial charge in [-0.3, -0.25) is 14.4 Å². The van der Waals surface area contributed by atoms with E-state index in [0.717, 1.165) is 19.4 Å². The van der Waals surface area contributed by atoms with E-state index >= 15 is 0 Å². The molecule has 0 saturated carbocycles. The van der Waals surface area contributed by atoms with E-state index in [1.54, 1.807) is 19.1 Å². The fourth-order valence-corrected chi connectivity index (χ4v) is 3.30. The van der Waals surface area contributed by atoms with E-state index in [1.807, 2.05) is 7.05 Å². The molecule has 2 N–H and O–H groups in total. The third-order valence-electron chi connectivity index (χ3n) is 4.89. The first-order valence-corrected chi connectivity index (χ1v) is 9.35. The Bertz CT molecular complexity index is 904. The van der Waals surface area contributed by atoms with Gasteiger partial charge in [0.25, 0.3) is 11.5 Å². The van der Waals surface area contributed by atoms with Crippen molar-refractivity contribution in [3.05, 3.63) is 46.1 Å². The van der Waals surface area contributed by atoms with E-state index in [0.29, 0.717) is 12.3 Å². The van der Waals surface area contributed by atoms with Crippen molar-refractivity contribution < 1.29 is 14.1 Å². The number of pyridine rings is 1. The first-order chi connectivity index (χ1) is 13.4. The van der Waals surface area contributed by atoms with Crippen molar-refractivity contribution in [3.63, 3.8) is 0 Å². The highest BCUT2D eigenvalue weighted by molar-refractivity contribution is 5.94. The number of carbonyl (C=O) groups is 2. The molecular formula is C19H25N5O4. The van der Waals surface area contributed by atoms with E-state index in [2.05, 4.69) is 20.7 Å². The minimum Gasteiger partial charge on any atom is -0.360 e. The molecule has 1 aliphatic rings. The Labute approximate surface area is 162 Å². The molecule has 9 nitrogen and oxygen atoms in total. The molecule has 2 amide bonds. The first-order valence-electron chi connectivity index (χ1n) is 9.35. The van der Waals surface area contributed by atoms with E-state index in [1.165, 1.54) is 23.3 Å². The van der Waals surface area contributed by atoms with Crippen molar-refractivity contribution in [2.75, 3.05) is 25.5 Å². The number of aromatic nitrogens is 2. The quantitative estimate of drug-likeness (QED) is 0.765. The third-order valence-corrected chi connectivity index (χ3v) is 4.89. The molecule has 150 valence electrons. The van der Waals surface area contributed by atoms with Gasteiger partial charge in [0.2, 0.25) is 5.91 Å². The van der Waals surface area contributed by atoms with Crippen molar-refractivity contribution in [3.8, 4) is 0 Å². The Morgan fingerprint density at radius 3 is 2.89 bits per heavy atom. The molecule has 1 saturated heterocycles. The molecule has 2 aromatic heterocycles. The summed E-state index contributed by atoms with van der Waals surface area (Å²) >= 11 is 0. The zero-order valence-corrected chi connectivity index (χ0v) is 16.1. The molecule has 0 unspecified atom stereocenters.